The third kappa shape index (κ3) is 4.03. The molecule has 1 atom stereocenters. The predicted molar refractivity (Wildman–Crippen MR) is 85.2 cm³/mol. The number of hydrogen-bond acceptors (Lipinski definition) is 4. The normalized spacial score (nSPS) is 24.1. The van der Waals surface area contributed by atoms with Crippen LogP contribution in [0.5, 0.6) is 0 Å². The van der Waals surface area contributed by atoms with Crippen molar-refractivity contribution in [1.82, 2.24) is 15.2 Å². The summed E-state index contributed by atoms with van der Waals surface area (Å²) in [6, 6.07) is 1.55. The summed E-state index contributed by atoms with van der Waals surface area (Å²) in [5.74, 6) is 0. The van der Waals surface area contributed by atoms with Crippen molar-refractivity contribution in [2.45, 2.75) is 70.5 Å². The Morgan fingerprint density at radius 1 is 1.35 bits per heavy atom. The molecule has 0 aromatic carbocycles. The minimum atomic E-state index is 0.723. The van der Waals surface area contributed by atoms with E-state index in [2.05, 4.69) is 22.5 Å². The number of aromatic nitrogens is 1. The highest BCUT2D eigenvalue weighted by molar-refractivity contribution is 7.09. The van der Waals surface area contributed by atoms with Crippen LogP contribution in [0.1, 0.15) is 56.2 Å². The van der Waals surface area contributed by atoms with Crippen molar-refractivity contribution in [1.29, 1.82) is 0 Å². The van der Waals surface area contributed by atoms with E-state index in [-0.39, 0.29) is 0 Å². The minimum Gasteiger partial charge on any atom is -0.312 e. The van der Waals surface area contributed by atoms with Gasteiger partial charge in [0.05, 0.1) is 10.7 Å². The summed E-state index contributed by atoms with van der Waals surface area (Å²) in [6.45, 7) is 5.71. The van der Waals surface area contributed by atoms with Gasteiger partial charge in [0.2, 0.25) is 0 Å². The first-order chi connectivity index (χ1) is 9.85. The first-order valence-corrected chi connectivity index (χ1v) is 9.14. The summed E-state index contributed by atoms with van der Waals surface area (Å²) in [5.41, 5.74) is 1.29. The lowest BCUT2D eigenvalue weighted by Crippen LogP contribution is -2.45. The van der Waals surface area contributed by atoms with Crippen molar-refractivity contribution < 1.29 is 0 Å². The molecule has 0 radical (unpaired) electrons. The van der Waals surface area contributed by atoms with Gasteiger partial charge in [-0.05, 0) is 45.1 Å². The maximum atomic E-state index is 4.79. The molecule has 3 nitrogen and oxygen atoms in total. The number of likely N-dealkylation sites (tertiary alicyclic amines) is 1. The Bertz CT molecular complexity index is 414. The van der Waals surface area contributed by atoms with Crippen LogP contribution < -0.4 is 5.32 Å². The molecule has 0 spiro atoms. The van der Waals surface area contributed by atoms with Crippen LogP contribution in [0, 0.1) is 0 Å². The minimum absolute atomic E-state index is 0.723. The fourth-order valence-corrected chi connectivity index (χ4v) is 3.94. The summed E-state index contributed by atoms with van der Waals surface area (Å²) in [7, 11) is 0. The van der Waals surface area contributed by atoms with E-state index >= 15 is 0 Å². The summed E-state index contributed by atoms with van der Waals surface area (Å²) >= 11 is 1.84. The van der Waals surface area contributed by atoms with Gasteiger partial charge in [0, 0.05) is 30.6 Å². The largest absolute Gasteiger partial charge is 0.312 e. The van der Waals surface area contributed by atoms with Crippen LogP contribution in [0.25, 0.3) is 0 Å². The number of aryl methyl sites for hydroxylation is 1. The zero-order valence-corrected chi connectivity index (χ0v) is 13.4. The van der Waals surface area contributed by atoms with Crippen LogP contribution in [0.15, 0.2) is 5.38 Å². The molecule has 1 aliphatic heterocycles. The van der Waals surface area contributed by atoms with Gasteiger partial charge in [0.1, 0.15) is 0 Å². The Kier molecular flexibility index (Phi) is 5.08. The predicted octanol–water partition coefficient (Wildman–Crippen LogP) is 3.20. The number of piperidine rings is 1. The number of nitrogens with one attached hydrogen (secondary N) is 1. The highest BCUT2D eigenvalue weighted by Gasteiger charge is 2.26. The Labute approximate surface area is 126 Å². The molecule has 4 heteroatoms. The average Bonchev–Trinajstić information content (AvgIpc) is 3.19. The molecule has 2 aliphatic rings. The van der Waals surface area contributed by atoms with Gasteiger partial charge in [0.25, 0.3) is 0 Å². The maximum absolute atomic E-state index is 4.79. The lowest BCUT2D eigenvalue weighted by molar-refractivity contribution is 0.136. The van der Waals surface area contributed by atoms with E-state index in [1.54, 1.807) is 0 Å². The molecular weight excluding hydrogens is 266 g/mol. The monoisotopic (exact) mass is 293 g/mol. The van der Waals surface area contributed by atoms with Gasteiger partial charge in [-0.15, -0.1) is 11.3 Å². The van der Waals surface area contributed by atoms with E-state index in [1.807, 2.05) is 11.3 Å². The molecule has 20 heavy (non-hydrogen) atoms. The van der Waals surface area contributed by atoms with Crippen molar-refractivity contribution in [3.63, 3.8) is 0 Å². The zero-order valence-electron chi connectivity index (χ0n) is 12.6. The Balaban J connectivity index is 1.54. The topological polar surface area (TPSA) is 28.2 Å². The van der Waals surface area contributed by atoms with Crippen molar-refractivity contribution >= 4 is 11.3 Å². The van der Waals surface area contributed by atoms with Crippen molar-refractivity contribution in [3.8, 4) is 0 Å². The fourth-order valence-electron chi connectivity index (χ4n) is 3.05. The summed E-state index contributed by atoms with van der Waals surface area (Å²) in [6.07, 6.45) is 9.21. The molecule has 1 unspecified atom stereocenters. The van der Waals surface area contributed by atoms with Gasteiger partial charge in [-0.3, -0.25) is 4.90 Å². The van der Waals surface area contributed by atoms with Crippen LogP contribution >= 0.6 is 11.3 Å². The molecule has 0 bridgehead atoms. The molecule has 1 aromatic heterocycles. The quantitative estimate of drug-likeness (QED) is 0.837. The molecule has 1 aliphatic carbocycles. The second-order valence-electron chi connectivity index (χ2n) is 6.29. The van der Waals surface area contributed by atoms with Gasteiger partial charge < -0.3 is 5.32 Å². The van der Waals surface area contributed by atoms with Crippen LogP contribution in [0.4, 0.5) is 0 Å². The van der Waals surface area contributed by atoms with E-state index in [4.69, 9.17) is 4.98 Å². The zero-order chi connectivity index (χ0) is 13.8. The second-order valence-corrected chi connectivity index (χ2v) is 7.23. The molecule has 1 saturated carbocycles. The van der Waals surface area contributed by atoms with E-state index in [0.717, 1.165) is 25.0 Å². The Hall–Kier alpha value is -0.450. The molecule has 3 rings (SSSR count). The van der Waals surface area contributed by atoms with E-state index in [1.165, 1.54) is 62.3 Å². The van der Waals surface area contributed by atoms with Crippen molar-refractivity contribution in [3.05, 3.63) is 16.1 Å². The molecule has 1 aromatic rings. The number of rotatable bonds is 7. The first-order valence-electron chi connectivity index (χ1n) is 8.26. The Morgan fingerprint density at radius 3 is 3.05 bits per heavy atom. The first kappa shape index (κ1) is 14.5. The maximum Gasteiger partial charge on any atom is 0.0928 e. The standard InChI is InChI=1S/C16H27N3S/c1-2-5-16-18-14(12-20-16)11-19-9-4-3-6-15(19)10-17-13-7-8-13/h12-13,15,17H,2-11H2,1H3. The number of thiazole rings is 1. The summed E-state index contributed by atoms with van der Waals surface area (Å²) in [5, 5.41) is 7.29. The van der Waals surface area contributed by atoms with Crippen LogP contribution in [0.3, 0.4) is 0 Å². The average molecular weight is 293 g/mol. The highest BCUT2D eigenvalue weighted by atomic mass is 32.1. The second kappa shape index (κ2) is 7.01. The lowest BCUT2D eigenvalue weighted by atomic mass is 10.0. The van der Waals surface area contributed by atoms with Gasteiger partial charge in [0.15, 0.2) is 0 Å². The van der Waals surface area contributed by atoms with Crippen LogP contribution in [-0.2, 0) is 13.0 Å². The molecule has 1 N–H and O–H groups in total. The highest BCUT2D eigenvalue weighted by Crippen LogP contribution is 2.23. The number of nitrogens with zero attached hydrogens (tertiary/aromatic N) is 2. The molecule has 0 amide bonds. The van der Waals surface area contributed by atoms with Crippen molar-refractivity contribution in [2.24, 2.45) is 0 Å². The summed E-state index contributed by atoms with van der Waals surface area (Å²) in [4.78, 5) is 7.45. The number of hydrogen-bond donors (Lipinski definition) is 1. The van der Waals surface area contributed by atoms with E-state index in [0.29, 0.717) is 0 Å². The molecule has 112 valence electrons. The van der Waals surface area contributed by atoms with E-state index in [9.17, 15) is 0 Å². The smallest absolute Gasteiger partial charge is 0.0928 e. The third-order valence-corrected chi connectivity index (χ3v) is 5.35. The fraction of sp³-hybridized carbons (Fsp3) is 0.812. The SMILES string of the molecule is CCCc1nc(CN2CCCCC2CNC2CC2)cs1. The lowest BCUT2D eigenvalue weighted by Gasteiger charge is -2.35. The van der Waals surface area contributed by atoms with Gasteiger partial charge >= 0.3 is 0 Å². The van der Waals surface area contributed by atoms with E-state index < -0.39 is 0 Å². The van der Waals surface area contributed by atoms with Crippen LogP contribution in [-0.4, -0.2) is 35.1 Å². The van der Waals surface area contributed by atoms with Crippen molar-refractivity contribution in [2.75, 3.05) is 13.1 Å². The summed E-state index contributed by atoms with van der Waals surface area (Å²) < 4.78 is 0. The molecule has 1 saturated heterocycles. The molecule has 2 heterocycles. The van der Waals surface area contributed by atoms with Gasteiger partial charge in [-0.2, -0.15) is 0 Å². The third-order valence-electron chi connectivity index (χ3n) is 4.40. The van der Waals surface area contributed by atoms with Gasteiger partial charge in [-0.1, -0.05) is 13.3 Å². The van der Waals surface area contributed by atoms with Gasteiger partial charge in [-0.25, -0.2) is 4.98 Å². The molecular formula is C16H27N3S. The Morgan fingerprint density at radius 2 is 2.25 bits per heavy atom. The molecule has 2 fully saturated rings. The van der Waals surface area contributed by atoms with Crippen LogP contribution in [0.2, 0.25) is 0 Å².